The second-order valence-corrected chi connectivity index (χ2v) is 4.06. The molecule has 0 radical (unpaired) electrons. The lowest BCUT2D eigenvalue weighted by molar-refractivity contribution is -0.119. The van der Waals surface area contributed by atoms with Gasteiger partial charge in [0.05, 0.1) is 10.6 Å². The highest BCUT2D eigenvalue weighted by molar-refractivity contribution is 7.79. The molecule has 0 aliphatic carbocycles. The fraction of sp³-hybridized carbons (Fsp3) is 0. The first-order valence-corrected chi connectivity index (χ1v) is 5.47. The summed E-state index contributed by atoms with van der Waals surface area (Å²) in [4.78, 5) is 23.8. The summed E-state index contributed by atoms with van der Waals surface area (Å²) in [5, 5.41) is 0. The average Bonchev–Trinajstić information content (AvgIpc) is 2.59. The lowest BCUT2D eigenvalue weighted by Gasteiger charge is -2.13. The summed E-state index contributed by atoms with van der Waals surface area (Å²) in [7, 11) is 0. The van der Waals surface area contributed by atoms with Crippen LogP contribution in [0.2, 0.25) is 0 Å². The molecule has 0 spiro atoms. The fourth-order valence-corrected chi connectivity index (χ4v) is 1.74. The topological polar surface area (TPSA) is 74.7 Å². The molecule has 2 amide bonds. The minimum Gasteiger partial charge on any atom is -0.302 e. The molecule has 1 N–H and O–H groups in total. The van der Waals surface area contributed by atoms with Gasteiger partial charge in [0.25, 0.3) is 11.8 Å². The Kier molecular flexibility index (Phi) is 2.67. The van der Waals surface area contributed by atoms with Gasteiger partial charge in [-0.1, -0.05) is 0 Å². The molecule has 6 heteroatoms. The first kappa shape index (κ1) is 10.7. The second-order valence-electron chi connectivity index (χ2n) is 3.09. The van der Waals surface area contributed by atoms with Crippen molar-refractivity contribution < 1.29 is 18.4 Å². The van der Waals surface area contributed by atoms with Crippen molar-refractivity contribution in [1.29, 1.82) is 0 Å². The number of nitrogens with zero attached hydrogens (tertiary/aromatic N) is 1. The molecule has 0 aromatic heterocycles. The maximum absolute atomic E-state index is 11.3. The summed E-state index contributed by atoms with van der Waals surface area (Å²) in [6.07, 6.45) is 2.36. The van der Waals surface area contributed by atoms with Crippen molar-refractivity contribution in [2.24, 2.45) is 0 Å². The molecule has 0 fully saturated rings. The van der Waals surface area contributed by atoms with Gasteiger partial charge in [-0.05, 0) is 24.3 Å². The Labute approximate surface area is 93.7 Å². The van der Waals surface area contributed by atoms with Crippen LogP contribution in [0.15, 0.2) is 41.3 Å². The van der Waals surface area contributed by atoms with Crippen molar-refractivity contribution in [3.8, 4) is 0 Å². The van der Waals surface area contributed by atoms with Crippen molar-refractivity contribution >= 4 is 28.6 Å². The molecular weight excluding hydrogens is 230 g/mol. The van der Waals surface area contributed by atoms with E-state index in [0.29, 0.717) is 5.69 Å². The van der Waals surface area contributed by atoms with E-state index < -0.39 is 22.9 Å². The molecule has 1 atom stereocenters. The number of carbonyl (C=O) groups is 2. The fourth-order valence-electron chi connectivity index (χ4n) is 1.37. The Bertz CT molecular complexity index is 488. The number of carbonyl (C=O) groups excluding carboxylic acids is 2. The molecule has 2 rings (SSSR count). The predicted molar refractivity (Wildman–Crippen MR) is 57.1 cm³/mol. The number of benzene rings is 1. The van der Waals surface area contributed by atoms with Crippen LogP contribution in [-0.4, -0.2) is 20.6 Å². The zero-order chi connectivity index (χ0) is 11.7. The zero-order valence-corrected chi connectivity index (χ0v) is 8.81. The van der Waals surface area contributed by atoms with Crippen LogP contribution >= 0.6 is 0 Å². The molecule has 0 saturated heterocycles. The first-order chi connectivity index (χ1) is 7.59. The summed E-state index contributed by atoms with van der Waals surface area (Å²) >= 11 is -2.06. The standard InChI is InChI=1S/C10H7NO4S/c12-9-5-6-10(13)11(9)7-1-3-8(4-2-7)16(14)15/h1-6H,(H,14,15). The molecule has 1 unspecified atom stereocenters. The van der Waals surface area contributed by atoms with Crippen molar-refractivity contribution in [1.82, 2.24) is 0 Å². The lowest BCUT2D eigenvalue weighted by Crippen LogP contribution is -2.29. The third-order valence-corrected chi connectivity index (χ3v) is 2.78. The van der Waals surface area contributed by atoms with Gasteiger partial charge in [0.2, 0.25) is 0 Å². The van der Waals surface area contributed by atoms with Crippen LogP contribution in [0.5, 0.6) is 0 Å². The van der Waals surface area contributed by atoms with E-state index in [2.05, 4.69) is 0 Å². The van der Waals surface area contributed by atoms with Gasteiger partial charge in [0.1, 0.15) is 0 Å². The van der Waals surface area contributed by atoms with E-state index in [1.54, 1.807) is 0 Å². The predicted octanol–water partition coefficient (Wildman–Crippen LogP) is 0.697. The summed E-state index contributed by atoms with van der Waals surface area (Å²) < 4.78 is 19.5. The molecule has 0 saturated carbocycles. The Morgan fingerprint density at radius 3 is 1.94 bits per heavy atom. The van der Waals surface area contributed by atoms with Crippen LogP contribution < -0.4 is 4.90 Å². The van der Waals surface area contributed by atoms with Gasteiger partial charge >= 0.3 is 0 Å². The smallest absolute Gasteiger partial charge is 0.258 e. The van der Waals surface area contributed by atoms with Crippen molar-refractivity contribution in [3.63, 3.8) is 0 Å². The molecule has 0 bridgehead atoms. The van der Waals surface area contributed by atoms with E-state index in [9.17, 15) is 13.8 Å². The minimum absolute atomic E-state index is 0.218. The maximum atomic E-state index is 11.3. The summed E-state index contributed by atoms with van der Waals surface area (Å²) in [6, 6.07) is 5.69. The number of amides is 2. The van der Waals surface area contributed by atoms with E-state index in [1.807, 2.05) is 0 Å². The van der Waals surface area contributed by atoms with Crippen molar-refractivity contribution in [3.05, 3.63) is 36.4 Å². The Balaban J connectivity index is 2.32. The zero-order valence-electron chi connectivity index (χ0n) is 7.99. The van der Waals surface area contributed by atoms with E-state index >= 15 is 0 Å². The Hall–Kier alpha value is -1.79. The third kappa shape index (κ3) is 1.80. The van der Waals surface area contributed by atoms with Crippen LogP contribution in [0.1, 0.15) is 0 Å². The SMILES string of the molecule is O=C1C=CC(=O)N1c1ccc(S(=O)O)cc1. The minimum atomic E-state index is -2.06. The number of imide groups is 1. The van der Waals surface area contributed by atoms with Gasteiger partial charge < -0.3 is 4.55 Å². The van der Waals surface area contributed by atoms with Crippen LogP contribution in [0.4, 0.5) is 5.69 Å². The molecule has 1 aliphatic rings. The summed E-state index contributed by atoms with van der Waals surface area (Å²) in [6.45, 7) is 0. The van der Waals surface area contributed by atoms with Crippen LogP contribution in [0.3, 0.4) is 0 Å². The molecule has 1 heterocycles. The number of hydrogen-bond acceptors (Lipinski definition) is 3. The summed E-state index contributed by atoms with van der Waals surface area (Å²) in [5.74, 6) is -0.828. The van der Waals surface area contributed by atoms with Gasteiger partial charge in [-0.25, -0.2) is 9.11 Å². The molecule has 1 aliphatic heterocycles. The number of hydrogen-bond donors (Lipinski definition) is 1. The van der Waals surface area contributed by atoms with Gasteiger partial charge in [0, 0.05) is 12.2 Å². The molecule has 1 aromatic carbocycles. The molecule has 82 valence electrons. The second kappa shape index (κ2) is 3.99. The van der Waals surface area contributed by atoms with E-state index in [0.717, 1.165) is 4.90 Å². The highest BCUT2D eigenvalue weighted by Gasteiger charge is 2.24. The number of anilines is 1. The monoisotopic (exact) mass is 237 g/mol. The van der Waals surface area contributed by atoms with Crippen LogP contribution in [0, 0.1) is 0 Å². The third-order valence-electron chi connectivity index (χ3n) is 2.11. The Morgan fingerprint density at radius 1 is 1.00 bits per heavy atom. The maximum Gasteiger partial charge on any atom is 0.258 e. The number of rotatable bonds is 2. The average molecular weight is 237 g/mol. The normalized spacial score (nSPS) is 16.9. The van der Waals surface area contributed by atoms with Crippen LogP contribution in [-0.2, 0) is 20.7 Å². The van der Waals surface area contributed by atoms with Gasteiger partial charge in [-0.2, -0.15) is 0 Å². The van der Waals surface area contributed by atoms with Crippen LogP contribution in [0.25, 0.3) is 0 Å². The van der Waals surface area contributed by atoms with E-state index in [-0.39, 0.29) is 4.90 Å². The highest BCUT2D eigenvalue weighted by Crippen LogP contribution is 2.20. The first-order valence-electron chi connectivity index (χ1n) is 4.36. The lowest BCUT2D eigenvalue weighted by atomic mass is 10.3. The quantitative estimate of drug-likeness (QED) is 0.606. The van der Waals surface area contributed by atoms with Crippen molar-refractivity contribution in [2.45, 2.75) is 4.90 Å². The van der Waals surface area contributed by atoms with Crippen molar-refractivity contribution in [2.75, 3.05) is 4.90 Å². The van der Waals surface area contributed by atoms with E-state index in [4.69, 9.17) is 4.55 Å². The molecular formula is C10H7NO4S. The molecule has 16 heavy (non-hydrogen) atoms. The van der Waals surface area contributed by atoms with Gasteiger partial charge in [0.15, 0.2) is 11.1 Å². The van der Waals surface area contributed by atoms with E-state index in [1.165, 1.54) is 36.4 Å². The Morgan fingerprint density at radius 2 is 1.50 bits per heavy atom. The summed E-state index contributed by atoms with van der Waals surface area (Å²) in [5.41, 5.74) is 0.384. The largest absolute Gasteiger partial charge is 0.302 e. The molecule has 5 nitrogen and oxygen atoms in total. The highest BCUT2D eigenvalue weighted by atomic mass is 32.2. The van der Waals surface area contributed by atoms with Gasteiger partial charge in [-0.3, -0.25) is 9.59 Å². The van der Waals surface area contributed by atoms with Gasteiger partial charge in [-0.15, -0.1) is 0 Å². The molecule has 1 aromatic rings.